The molecule has 1 aromatic heterocycles. The summed E-state index contributed by atoms with van der Waals surface area (Å²) in [5.41, 5.74) is 5.16. The Morgan fingerprint density at radius 1 is 1.25 bits per heavy atom. The molecular weight excluding hydrogens is 412 g/mol. The van der Waals surface area contributed by atoms with E-state index in [1.807, 2.05) is 5.38 Å². The average Bonchev–Trinajstić information content (AvgIpc) is 3.10. The molecule has 0 aliphatic carbocycles. The summed E-state index contributed by atoms with van der Waals surface area (Å²) in [6, 6.07) is 11.6. The van der Waals surface area contributed by atoms with Gasteiger partial charge in [0.1, 0.15) is 10.1 Å². The molecule has 0 spiro atoms. The first-order valence-electron chi connectivity index (χ1n) is 8.71. The lowest BCUT2D eigenvalue weighted by Gasteiger charge is -2.10. The molecule has 4 nitrogen and oxygen atoms in total. The summed E-state index contributed by atoms with van der Waals surface area (Å²) in [4.78, 5) is 17.0. The van der Waals surface area contributed by atoms with Gasteiger partial charge >= 0.3 is 0 Å². The van der Waals surface area contributed by atoms with Gasteiger partial charge in [0.15, 0.2) is 0 Å². The van der Waals surface area contributed by atoms with Crippen molar-refractivity contribution in [1.82, 2.24) is 4.98 Å². The smallest absolute Gasteiger partial charge is 0.230 e. The number of carbonyl (C=O) groups is 1. The van der Waals surface area contributed by atoms with Gasteiger partial charge in [-0.3, -0.25) is 4.79 Å². The predicted octanol–water partition coefficient (Wildman–Crippen LogP) is 5.90. The Hall–Kier alpha value is -2.02. The van der Waals surface area contributed by atoms with Crippen LogP contribution in [0.4, 0.5) is 5.69 Å². The molecule has 0 atom stereocenters. The number of methoxy groups -OCH3 is 1. The van der Waals surface area contributed by atoms with Gasteiger partial charge in [-0.2, -0.15) is 0 Å². The number of aryl methyl sites for hydroxylation is 2. The fraction of sp³-hybridized carbons (Fsp3) is 0.238. The zero-order chi connectivity index (χ0) is 20.1. The molecular formula is C21H21ClN2O2S2. The maximum atomic E-state index is 12.4. The molecule has 0 unspecified atom stereocenters. The van der Waals surface area contributed by atoms with Crippen LogP contribution in [-0.2, 0) is 17.0 Å². The normalized spacial score (nSPS) is 10.7. The average molecular weight is 433 g/mol. The fourth-order valence-electron chi connectivity index (χ4n) is 2.67. The largest absolute Gasteiger partial charge is 0.495 e. The van der Waals surface area contributed by atoms with Gasteiger partial charge in [-0.05, 0) is 43.2 Å². The van der Waals surface area contributed by atoms with Gasteiger partial charge in [-0.15, -0.1) is 11.3 Å². The van der Waals surface area contributed by atoms with Gasteiger partial charge in [-0.25, -0.2) is 4.98 Å². The Kier molecular flexibility index (Phi) is 6.99. The highest BCUT2D eigenvalue weighted by atomic mass is 35.5. The molecule has 1 heterocycles. The summed E-state index contributed by atoms with van der Waals surface area (Å²) in [5, 5.41) is 5.31. The Balaban J connectivity index is 1.59. The van der Waals surface area contributed by atoms with E-state index >= 15 is 0 Å². The highest BCUT2D eigenvalue weighted by Crippen LogP contribution is 2.29. The lowest BCUT2D eigenvalue weighted by Crippen LogP contribution is -2.15. The molecule has 0 saturated heterocycles. The standard InChI is InChI=1S/C21H21ClN2O2S2/c1-13-4-5-14(2)15(8-13)11-27-21-23-17(12-28-21)10-20(25)24-18-9-16(22)6-7-19(18)26-3/h4-9,12H,10-11H2,1-3H3,(H,24,25). The second-order valence-corrected chi connectivity index (χ2v) is 8.91. The minimum absolute atomic E-state index is 0.156. The number of thiazole rings is 1. The topological polar surface area (TPSA) is 51.2 Å². The molecule has 1 amide bonds. The molecule has 146 valence electrons. The van der Waals surface area contributed by atoms with Crippen LogP contribution in [0.5, 0.6) is 5.75 Å². The first kappa shape index (κ1) is 20.7. The Morgan fingerprint density at radius 2 is 2.07 bits per heavy atom. The summed E-state index contributed by atoms with van der Waals surface area (Å²) < 4.78 is 6.22. The van der Waals surface area contributed by atoms with Crippen molar-refractivity contribution >= 4 is 46.3 Å². The number of carbonyl (C=O) groups excluding carboxylic acids is 1. The number of rotatable bonds is 7. The molecule has 0 bridgehead atoms. The molecule has 0 aliphatic rings. The molecule has 7 heteroatoms. The third-order valence-corrected chi connectivity index (χ3v) is 6.52. The Morgan fingerprint density at radius 3 is 2.86 bits per heavy atom. The summed E-state index contributed by atoms with van der Waals surface area (Å²) >= 11 is 9.26. The first-order chi connectivity index (χ1) is 13.4. The maximum Gasteiger partial charge on any atom is 0.230 e. The monoisotopic (exact) mass is 432 g/mol. The number of ether oxygens (including phenoxy) is 1. The van der Waals surface area contributed by atoms with Gasteiger partial charge < -0.3 is 10.1 Å². The molecule has 0 fully saturated rings. The quantitative estimate of drug-likeness (QED) is 0.472. The van der Waals surface area contributed by atoms with Gasteiger partial charge in [0.2, 0.25) is 5.91 Å². The van der Waals surface area contributed by atoms with Crippen molar-refractivity contribution in [2.75, 3.05) is 12.4 Å². The van der Waals surface area contributed by atoms with Gasteiger partial charge in [0.25, 0.3) is 0 Å². The second-order valence-electron chi connectivity index (χ2n) is 6.39. The molecule has 3 rings (SSSR count). The van der Waals surface area contributed by atoms with Gasteiger partial charge in [0.05, 0.1) is 24.9 Å². The van der Waals surface area contributed by atoms with Crippen molar-refractivity contribution in [2.45, 2.75) is 30.4 Å². The number of nitrogens with one attached hydrogen (secondary N) is 1. The highest BCUT2D eigenvalue weighted by Gasteiger charge is 2.12. The molecule has 0 radical (unpaired) electrons. The van der Waals surface area contributed by atoms with E-state index in [0.717, 1.165) is 15.8 Å². The molecule has 2 aromatic carbocycles. The van der Waals surface area contributed by atoms with E-state index in [0.29, 0.717) is 16.5 Å². The fourth-order valence-corrected chi connectivity index (χ4v) is 4.75. The van der Waals surface area contributed by atoms with Crippen molar-refractivity contribution < 1.29 is 9.53 Å². The van der Waals surface area contributed by atoms with E-state index in [4.69, 9.17) is 16.3 Å². The van der Waals surface area contributed by atoms with Crippen LogP contribution in [0.25, 0.3) is 0 Å². The van der Waals surface area contributed by atoms with E-state index in [-0.39, 0.29) is 12.3 Å². The van der Waals surface area contributed by atoms with E-state index < -0.39 is 0 Å². The lowest BCUT2D eigenvalue weighted by molar-refractivity contribution is -0.115. The summed E-state index contributed by atoms with van der Waals surface area (Å²) in [6.07, 6.45) is 0.205. The third kappa shape index (κ3) is 5.50. The van der Waals surface area contributed by atoms with Crippen molar-refractivity contribution in [3.05, 3.63) is 69.2 Å². The molecule has 0 saturated carbocycles. The number of anilines is 1. The van der Waals surface area contributed by atoms with Gasteiger partial charge in [0, 0.05) is 16.2 Å². The minimum Gasteiger partial charge on any atom is -0.495 e. The van der Waals surface area contributed by atoms with Crippen LogP contribution in [0.15, 0.2) is 46.1 Å². The van der Waals surface area contributed by atoms with Crippen LogP contribution in [0.2, 0.25) is 5.02 Å². The van der Waals surface area contributed by atoms with Gasteiger partial charge in [-0.1, -0.05) is 47.1 Å². The molecule has 28 heavy (non-hydrogen) atoms. The van der Waals surface area contributed by atoms with E-state index in [9.17, 15) is 4.79 Å². The van der Waals surface area contributed by atoms with Crippen LogP contribution >= 0.6 is 34.7 Å². The zero-order valence-corrected chi connectivity index (χ0v) is 18.3. The molecule has 1 N–H and O–H groups in total. The van der Waals surface area contributed by atoms with Crippen LogP contribution < -0.4 is 10.1 Å². The summed E-state index contributed by atoms with van der Waals surface area (Å²) in [6.45, 7) is 4.22. The lowest BCUT2D eigenvalue weighted by atomic mass is 10.1. The van der Waals surface area contributed by atoms with Crippen molar-refractivity contribution in [3.8, 4) is 5.75 Å². The minimum atomic E-state index is -0.156. The predicted molar refractivity (Wildman–Crippen MR) is 118 cm³/mol. The number of thioether (sulfide) groups is 1. The summed E-state index contributed by atoms with van der Waals surface area (Å²) in [7, 11) is 1.55. The van der Waals surface area contributed by atoms with Crippen LogP contribution in [0.1, 0.15) is 22.4 Å². The number of benzene rings is 2. The number of nitrogens with zero attached hydrogens (tertiary/aromatic N) is 1. The Labute approximate surface area is 178 Å². The zero-order valence-electron chi connectivity index (χ0n) is 15.9. The van der Waals surface area contributed by atoms with Crippen molar-refractivity contribution in [3.63, 3.8) is 0 Å². The number of hydrogen-bond donors (Lipinski definition) is 1. The van der Waals surface area contributed by atoms with Crippen molar-refractivity contribution in [2.24, 2.45) is 0 Å². The van der Waals surface area contributed by atoms with E-state index in [1.54, 1.807) is 48.4 Å². The van der Waals surface area contributed by atoms with E-state index in [2.05, 4.69) is 42.3 Å². The van der Waals surface area contributed by atoms with Crippen LogP contribution in [0.3, 0.4) is 0 Å². The highest BCUT2D eigenvalue weighted by molar-refractivity contribution is 8.00. The number of hydrogen-bond acceptors (Lipinski definition) is 5. The number of aromatic nitrogens is 1. The van der Waals surface area contributed by atoms with Crippen molar-refractivity contribution in [1.29, 1.82) is 0 Å². The molecule has 3 aromatic rings. The maximum absolute atomic E-state index is 12.4. The summed E-state index contributed by atoms with van der Waals surface area (Å²) in [5.74, 6) is 1.28. The van der Waals surface area contributed by atoms with Crippen LogP contribution in [-0.4, -0.2) is 18.0 Å². The molecule has 0 aliphatic heterocycles. The third-order valence-electron chi connectivity index (χ3n) is 4.16. The van der Waals surface area contributed by atoms with Crippen LogP contribution in [0, 0.1) is 13.8 Å². The Bertz CT molecular complexity index is 988. The first-order valence-corrected chi connectivity index (χ1v) is 11.0. The number of amides is 1. The SMILES string of the molecule is COc1ccc(Cl)cc1NC(=O)Cc1csc(SCc2cc(C)ccc2C)n1. The van der Waals surface area contributed by atoms with E-state index in [1.165, 1.54) is 16.7 Å². The number of halogens is 1. The second kappa shape index (κ2) is 9.45.